The molecule has 1 aliphatic rings. The number of aryl methyl sites for hydroxylation is 1. The van der Waals surface area contributed by atoms with Crippen LogP contribution in [-0.4, -0.2) is 25.2 Å². The molecule has 1 N–H and O–H groups in total. The number of halogens is 1. The molecule has 0 unspecified atom stereocenters. The Morgan fingerprint density at radius 3 is 2.95 bits per heavy atom. The molecule has 1 aliphatic carbocycles. The summed E-state index contributed by atoms with van der Waals surface area (Å²) in [7, 11) is 1.73. The van der Waals surface area contributed by atoms with Crippen LogP contribution < -0.4 is 17.7 Å². The van der Waals surface area contributed by atoms with E-state index in [-0.39, 0.29) is 12.4 Å². The molecule has 0 aliphatic heterocycles. The maximum absolute atomic E-state index is 5.12. The first kappa shape index (κ1) is 14.1. The van der Waals surface area contributed by atoms with Gasteiger partial charge in [0, 0.05) is 30.4 Å². The molecule has 3 rings (SSSR count). The van der Waals surface area contributed by atoms with Crippen LogP contribution in [-0.2, 0) is 17.6 Å². The molecular weight excluding hydrogens is 260 g/mol. The minimum absolute atomic E-state index is 0. The van der Waals surface area contributed by atoms with Crippen LogP contribution in [0.4, 0.5) is 5.69 Å². The lowest BCUT2D eigenvalue weighted by molar-refractivity contribution is -0.00000401. The third-order valence-corrected chi connectivity index (χ3v) is 3.53. The van der Waals surface area contributed by atoms with Gasteiger partial charge in [0.25, 0.3) is 0 Å². The van der Waals surface area contributed by atoms with Crippen LogP contribution in [0.25, 0.3) is 10.9 Å². The van der Waals surface area contributed by atoms with E-state index in [1.54, 1.807) is 7.11 Å². The second-order valence-corrected chi connectivity index (χ2v) is 4.70. The van der Waals surface area contributed by atoms with Crippen molar-refractivity contribution in [1.29, 1.82) is 0 Å². The first-order valence-electron chi connectivity index (χ1n) is 6.53. The Balaban J connectivity index is 0.00000133. The maximum Gasteiger partial charge on any atom is 0.0726 e. The molecule has 1 heterocycles. The Labute approximate surface area is 119 Å². The average molecular weight is 278 g/mol. The van der Waals surface area contributed by atoms with Crippen molar-refractivity contribution in [2.45, 2.75) is 19.3 Å². The second-order valence-electron chi connectivity index (χ2n) is 4.70. The predicted molar refractivity (Wildman–Crippen MR) is 74.1 cm³/mol. The lowest BCUT2D eigenvalue weighted by Gasteiger charge is -2.14. The molecule has 0 amide bonds. The number of anilines is 1. The summed E-state index contributed by atoms with van der Waals surface area (Å²) in [5.41, 5.74) is 5.04. The van der Waals surface area contributed by atoms with E-state index in [1.807, 2.05) is 0 Å². The van der Waals surface area contributed by atoms with Gasteiger partial charge in [-0.2, -0.15) is 0 Å². The van der Waals surface area contributed by atoms with Crippen molar-refractivity contribution in [3.63, 3.8) is 0 Å². The summed E-state index contributed by atoms with van der Waals surface area (Å²) in [5.74, 6) is 0. The lowest BCUT2D eigenvalue weighted by atomic mass is 10.1. The molecule has 102 valence electrons. The SMILES string of the molecule is COCCNc1c2c(nc3ccccc13)CCC2.[Cl-]. The molecule has 0 fully saturated rings. The van der Waals surface area contributed by atoms with Gasteiger partial charge in [0.1, 0.15) is 0 Å². The van der Waals surface area contributed by atoms with Gasteiger partial charge < -0.3 is 22.5 Å². The summed E-state index contributed by atoms with van der Waals surface area (Å²) < 4.78 is 5.12. The number of benzene rings is 1. The van der Waals surface area contributed by atoms with Gasteiger partial charge in [-0.1, -0.05) is 18.2 Å². The normalized spacial score (nSPS) is 13.1. The summed E-state index contributed by atoms with van der Waals surface area (Å²) in [5, 5.41) is 4.75. The zero-order valence-corrected chi connectivity index (χ0v) is 11.8. The van der Waals surface area contributed by atoms with Gasteiger partial charge in [-0.25, -0.2) is 0 Å². The van der Waals surface area contributed by atoms with E-state index in [0.29, 0.717) is 0 Å². The number of hydrogen-bond acceptors (Lipinski definition) is 3. The van der Waals surface area contributed by atoms with Crippen LogP contribution in [0.2, 0.25) is 0 Å². The second kappa shape index (κ2) is 6.22. The summed E-state index contributed by atoms with van der Waals surface area (Å²) in [6, 6.07) is 8.37. The summed E-state index contributed by atoms with van der Waals surface area (Å²) in [6.07, 6.45) is 3.47. The van der Waals surface area contributed by atoms with Gasteiger partial charge in [0.2, 0.25) is 0 Å². The van der Waals surface area contributed by atoms with Gasteiger partial charge in [-0.3, -0.25) is 4.98 Å². The van der Waals surface area contributed by atoms with Crippen molar-refractivity contribution in [1.82, 2.24) is 4.98 Å². The third kappa shape index (κ3) is 2.67. The maximum atomic E-state index is 5.12. The molecule has 2 aromatic rings. The number of aromatic nitrogens is 1. The van der Waals surface area contributed by atoms with Gasteiger partial charge >= 0.3 is 0 Å². The highest BCUT2D eigenvalue weighted by Gasteiger charge is 2.18. The van der Waals surface area contributed by atoms with E-state index in [2.05, 4.69) is 29.6 Å². The molecule has 1 aromatic carbocycles. The number of nitrogens with one attached hydrogen (secondary N) is 1. The van der Waals surface area contributed by atoms with Crippen molar-refractivity contribution >= 4 is 16.6 Å². The van der Waals surface area contributed by atoms with Crippen LogP contribution >= 0.6 is 0 Å². The number of hydrogen-bond donors (Lipinski definition) is 1. The van der Waals surface area contributed by atoms with Crippen molar-refractivity contribution < 1.29 is 17.1 Å². The summed E-state index contributed by atoms with van der Waals surface area (Å²) in [4.78, 5) is 4.77. The van der Waals surface area contributed by atoms with Gasteiger partial charge in [0.15, 0.2) is 0 Å². The minimum Gasteiger partial charge on any atom is -1.00 e. The molecule has 0 radical (unpaired) electrons. The van der Waals surface area contributed by atoms with Crippen molar-refractivity contribution in [2.24, 2.45) is 0 Å². The number of rotatable bonds is 4. The highest BCUT2D eigenvalue weighted by atomic mass is 35.5. The first-order chi connectivity index (χ1) is 8.90. The first-order valence-corrected chi connectivity index (χ1v) is 6.53. The van der Waals surface area contributed by atoms with Crippen LogP contribution in [0.15, 0.2) is 24.3 Å². The Bertz CT molecular complexity index is 571. The van der Waals surface area contributed by atoms with Gasteiger partial charge in [-0.05, 0) is 30.9 Å². The molecule has 3 nitrogen and oxygen atoms in total. The fourth-order valence-corrected chi connectivity index (χ4v) is 2.69. The zero-order valence-electron chi connectivity index (χ0n) is 11.1. The Kier molecular flexibility index (Phi) is 4.61. The largest absolute Gasteiger partial charge is 1.00 e. The van der Waals surface area contributed by atoms with E-state index < -0.39 is 0 Å². The Hall–Kier alpha value is -1.32. The predicted octanol–water partition coefficient (Wildman–Crippen LogP) is -0.214. The molecule has 4 heteroatoms. The highest BCUT2D eigenvalue weighted by molar-refractivity contribution is 5.93. The molecular formula is C15H18ClN2O-. The topological polar surface area (TPSA) is 34.1 Å². The molecule has 0 spiro atoms. The average Bonchev–Trinajstić information content (AvgIpc) is 2.86. The Morgan fingerprint density at radius 1 is 1.26 bits per heavy atom. The van der Waals surface area contributed by atoms with Crippen molar-refractivity contribution in [2.75, 3.05) is 25.6 Å². The van der Waals surface area contributed by atoms with E-state index >= 15 is 0 Å². The molecule has 19 heavy (non-hydrogen) atoms. The van der Waals surface area contributed by atoms with Gasteiger partial charge in [-0.15, -0.1) is 0 Å². The van der Waals surface area contributed by atoms with E-state index in [1.165, 1.54) is 28.8 Å². The molecule has 0 saturated heterocycles. The Morgan fingerprint density at radius 2 is 2.11 bits per heavy atom. The molecule has 0 bridgehead atoms. The molecule has 0 saturated carbocycles. The van der Waals surface area contributed by atoms with E-state index in [9.17, 15) is 0 Å². The quantitative estimate of drug-likeness (QED) is 0.785. The fraction of sp³-hybridized carbons (Fsp3) is 0.400. The number of methoxy groups -OCH3 is 1. The van der Waals surface area contributed by atoms with Crippen LogP contribution in [0, 0.1) is 0 Å². The standard InChI is InChI=1S/C15H18N2O.ClH/c1-18-10-9-16-15-11-5-2-3-7-13(11)17-14-8-4-6-12(14)15;/h2-3,5,7H,4,6,8-10H2,1H3,(H,16,17);1H/p-1. The summed E-state index contributed by atoms with van der Waals surface area (Å²) in [6.45, 7) is 1.57. The third-order valence-electron chi connectivity index (χ3n) is 3.53. The smallest absolute Gasteiger partial charge is 0.0726 e. The number of pyridine rings is 1. The van der Waals surface area contributed by atoms with Crippen molar-refractivity contribution in [3.8, 4) is 0 Å². The number of ether oxygens (including phenoxy) is 1. The van der Waals surface area contributed by atoms with Gasteiger partial charge in [0.05, 0.1) is 12.1 Å². The van der Waals surface area contributed by atoms with Crippen LogP contribution in [0.3, 0.4) is 0 Å². The zero-order chi connectivity index (χ0) is 12.4. The molecule has 0 atom stereocenters. The molecule has 1 aromatic heterocycles. The fourth-order valence-electron chi connectivity index (χ4n) is 2.69. The monoisotopic (exact) mass is 277 g/mol. The van der Waals surface area contributed by atoms with Crippen LogP contribution in [0.5, 0.6) is 0 Å². The van der Waals surface area contributed by atoms with E-state index in [4.69, 9.17) is 9.72 Å². The lowest BCUT2D eigenvalue weighted by Crippen LogP contribution is -3.00. The number of fused-ring (bicyclic) bond motifs is 2. The van der Waals surface area contributed by atoms with E-state index in [0.717, 1.165) is 31.5 Å². The van der Waals surface area contributed by atoms with Crippen LogP contribution in [0.1, 0.15) is 17.7 Å². The van der Waals surface area contributed by atoms with Crippen molar-refractivity contribution in [3.05, 3.63) is 35.5 Å². The number of nitrogens with zero attached hydrogens (tertiary/aromatic N) is 1. The summed E-state index contributed by atoms with van der Waals surface area (Å²) >= 11 is 0. The number of para-hydroxylation sites is 1. The minimum atomic E-state index is 0. The highest BCUT2D eigenvalue weighted by Crippen LogP contribution is 2.33.